The molecule has 2 aromatic heterocycles. The number of azide groups is 1. The maximum atomic E-state index is 12.3. The topological polar surface area (TPSA) is 175 Å². The maximum absolute atomic E-state index is 12.3. The summed E-state index contributed by atoms with van der Waals surface area (Å²) in [6.45, 7) is 7.38. The number of alkyl halides is 6. The van der Waals surface area contributed by atoms with Crippen LogP contribution in [0.4, 0.5) is 26.3 Å². The van der Waals surface area contributed by atoms with Gasteiger partial charge in [0.25, 0.3) is 0 Å². The number of amides is 1. The summed E-state index contributed by atoms with van der Waals surface area (Å²) in [7, 11) is 0. The normalized spacial score (nSPS) is 13.3. The summed E-state index contributed by atoms with van der Waals surface area (Å²) >= 11 is 0. The van der Waals surface area contributed by atoms with Crippen molar-refractivity contribution < 1.29 is 45.4 Å². The van der Waals surface area contributed by atoms with Crippen LogP contribution in [-0.2, 0) is 9.59 Å². The van der Waals surface area contributed by atoms with Gasteiger partial charge in [0.1, 0.15) is 24.2 Å². The van der Waals surface area contributed by atoms with Crippen LogP contribution in [0.15, 0.2) is 120 Å². The molecule has 2 heterocycles. The lowest BCUT2D eigenvalue weighted by atomic mass is 9.88. The fourth-order valence-electron chi connectivity index (χ4n) is 5.62. The van der Waals surface area contributed by atoms with Crippen molar-refractivity contribution in [3.63, 3.8) is 0 Å². The number of carbonyl (C=O) groups excluding carboxylic acids is 2. The van der Waals surface area contributed by atoms with E-state index in [1.165, 1.54) is 70.5 Å². The first-order valence-electron chi connectivity index (χ1n) is 17.9. The van der Waals surface area contributed by atoms with E-state index >= 15 is 0 Å². The van der Waals surface area contributed by atoms with Crippen LogP contribution in [-0.4, -0.2) is 60.3 Å². The van der Waals surface area contributed by atoms with E-state index in [0.29, 0.717) is 23.0 Å². The monoisotopic (exact) mass is 832 g/mol. The smallest absolute Gasteiger partial charge is 0.406 e. The highest BCUT2D eigenvalue weighted by molar-refractivity contribution is 5.80. The number of benzene rings is 4. The van der Waals surface area contributed by atoms with Gasteiger partial charge in [-0.1, -0.05) is 69.3 Å². The molecule has 0 saturated carbocycles. The predicted molar refractivity (Wildman–Crippen MR) is 205 cm³/mol. The molecule has 0 aliphatic heterocycles. The quantitative estimate of drug-likeness (QED) is 0.0292. The van der Waals surface area contributed by atoms with Crippen molar-refractivity contribution in [1.82, 2.24) is 29.5 Å². The second-order valence-electron chi connectivity index (χ2n) is 13.2. The molecule has 1 amide bonds. The van der Waals surface area contributed by atoms with Crippen molar-refractivity contribution in [3.8, 4) is 45.6 Å². The van der Waals surface area contributed by atoms with Crippen LogP contribution < -0.4 is 9.47 Å². The van der Waals surface area contributed by atoms with E-state index in [1.807, 2.05) is 57.2 Å². The summed E-state index contributed by atoms with van der Waals surface area (Å²) in [5, 5.41) is 11.9. The molecule has 4 unspecified atom stereocenters. The van der Waals surface area contributed by atoms with Gasteiger partial charge in [0.2, 0.25) is 12.0 Å². The summed E-state index contributed by atoms with van der Waals surface area (Å²) in [4.78, 5) is 37.0. The zero-order chi connectivity index (χ0) is 43.6. The third-order valence-electron chi connectivity index (χ3n) is 9.31. The fourth-order valence-corrected chi connectivity index (χ4v) is 5.62. The van der Waals surface area contributed by atoms with Crippen LogP contribution in [0, 0.1) is 5.92 Å². The molecule has 0 saturated heterocycles. The van der Waals surface area contributed by atoms with Gasteiger partial charge in [-0.15, -0.1) is 36.5 Å². The average Bonchev–Trinajstić information content (AvgIpc) is 3.92. The van der Waals surface area contributed by atoms with Gasteiger partial charge in [0.15, 0.2) is 11.6 Å². The Balaban J connectivity index is 0.000000228. The number of halogens is 6. The molecule has 6 rings (SSSR count). The standard InChI is InChI=1S/C20H17F3N6O2.C20H17F3N4O2/c1-12(13(2)19(30)26-28-24)14-3-5-15(6-4-14)18-25-11-29(27-18)16-7-9-17(10-8-16)31-20(21,22)23;1-13(14(2)25-12-28)15-3-5-16(6-4-15)19-24-11-27(26-19)17-7-9-18(10-8-17)29-20(21,22)23/h3-13H,1-2H3;3-11,13-14H,1-2H3. The molecule has 310 valence electrons. The fraction of sp³-hybridized carbons (Fsp3) is 0.250. The van der Waals surface area contributed by atoms with Crippen molar-refractivity contribution in [1.29, 1.82) is 0 Å². The Bertz CT molecular complexity index is 2460. The molecule has 0 fully saturated rings. The molecule has 60 heavy (non-hydrogen) atoms. The number of hydrogen-bond donors (Lipinski definition) is 0. The van der Waals surface area contributed by atoms with Gasteiger partial charge < -0.3 is 9.47 Å². The molecule has 0 bridgehead atoms. The highest BCUT2D eigenvalue weighted by Crippen LogP contribution is 2.29. The Morgan fingerprint density at radius 2 is 1.07 bits per heavy atom. The molecule has 20 heteroatoms. The number of nitrogens with zero attached hydrogens (tertiary/aromatic N) is 10. The molecule has 6 aromatic rings. The van der Waals surface area contributed by atoms with Gasteiger partial charge in [-0.2, -0.15) is 0 Å². The van der Waals surface area contributed by atoms with Gasteiger partial charge in [0.05, 0.1) is 17.4 Å². The van der Waals surface area contributed by atoms with Gasteiger partial charge in [-0.25, -0.2) is 29.1 Å². The molecule has 4 atom stereocenters. The van der Waals surface area contributed by atoms with Crippen LogP contribution in [0.2, 0.25) is 0 Å². The van der Waals surface area contributed by atoms with Gasteiger partial charge in [-0.05, 0) is 83.1 Å². The van der Waals surface area contributed by atoms with E-state index in [1.54, 1.807) is 25.1 Å². The number of aromatic nitrogens is 6. The van der Waals surface area contributed by atoms with Crippen LogP contribution >= 0.6 is 0 Å². The number of rotatable bonds is 12. The van der Waals surface area contributed by atoms with E-state index in [2.05, 4.69) is 44.7 Å². The van der Waals surface area contributed by atoms with Gasteiger partial charge in [0, 0.05) is 27.9 Å². The Kier molecular flexibility index (Phi) is 13.9. The number of aliphatic imine (C=N–C) groups is 1. The minimum Gasteiger partial charge on any atom is -0.406 e. The van der Waals surface area contributed by atoms with Crippen molar-refractivity contribution in [3.05, 3.63) is 131 Å². The minimum absolute atomic E-state index is 0.0495. The maximum Gasteiger partial charge on any atom is 0.573 e. The summed E-state index contributed by atoms with van der Waals surface area (Å²) in [6, 6.07) is 25.3. The third kappa shape index (κ3) is 11.9. The highest BCUT2D eigenvalue weighted by atomic mass is 19.4. The number of ether oxygens (including phenoxy) is 2. The van der Waals surface area contributed by atoms with Crippen LogP contribution in [0.3, 0.4) is 0 Å². The van der Waals surface area contributed by atoms with Gasteiger partial charge >= 0.3 is 12.7 Å². The SMILES string of the molecule is CC(C(=O)N=[N+]=[N-])C(C)c1ccc(-c2ncn(-c3ccc(OC(F)(F)F)cc3)n2)cc1.CC(N=C=O)C(C)c1ccc(-c2ncn(-c3ccc(OC(F)(F)F)cc3)n2)cc1. The average molecular weight is 833 g/mol. The molecule has 0 radical (unpaired) electrons. The predicted octanol–water partition coefficient (Wildman–Crippen LogP) is 10.1. The first kappa shape index (κ1) is 43.8. The Hall–Kier alpha value is -7.30. The largest absolute Gasteiger partial charge is 0.573 e. The summed E-state index contributed by atoms with van der Waals surface area (Å²) in [5.74, 6) is -0.835. The number of hydrogen-bond acceptors (Lipinski definition) is 9. The van der Waals surface area contributed by atoms with E-state index in [4.69, 9.17) is 5.53 Å². The first-order chi connectivity index (χ1) is 28.4. The van der Waals surface area contributed by atoms with E-state index in [9.17, 15) is 35.9 Å². The zero-order valence-corrected chi connectivity index (χ0v) is 32.1. The molecule has 4 aromatic carbocycles. The Morgan fingerprint density at radius 3 is 1.43 bits per heavy atom. The zero-order valence-electron chi connectivity index (χ0n) is 32.1. The lowest BCUT2D eigenvalue weighted by Gasteiger charge is -2.17. The molecule has 14 nitrogen and oxygen atoms in total. The van der Waals surface area contributed by atoms with Crippen LogP contribution in [0.1, 0.15) is 50.7 Å². The van der Waals surface area contributed by atoms with E-state index < -0.39 is 24.5 Å². The van der Waals surface area contributed by atoms with Crippen molar-refractivity contribution in [2.45, 2.75) is 58.3 Å². The van der Waals surface area contributed by atoms with Crippen molar-refractivity contribution in [2.75, 3.05) is 0 Å². The summed E-state index contributed by atoms with van der Waals surface area (Å²) in [5.41, 5.74) is 12.9. The Labute approximate surface area is 337 Å². The number of isocyanates is 1. The van der Waals surface area contributed by atoms with Crippen molar-refractivity contribution in [2.24, 2.45) is 16.0 Å². The lowest BCUT2D eigenvalue weighted by molar-refractivity contribution is -0.275. The van der Waals surface area contributed by atoms with E-state index in [0.717, 1.165) is 22.3 Å². The summed E-state index contributed by atoms with van der Waals surface area (Å²) < 4.78 is 84.1. The minimum atomic E-state index is -4.75. The molecule has 0 spiro atoms. The lowest BCUT2D eigenvalue weighted by Crippen LogP contribution is -2.17. The Morgan fingerprint density at radius 1 is 0.667 bits per heavy atom. The molecular weight excluding hydrogens is 798 g/mol. The highest BCUT2D eigenvalue weighted by Gasteiger charge is 2.32. The summed E-state index contributed by atoms with van der Waals surface area (Å²) in [6.07, 6.45) is -4.98. The molecule has 0 aliphatic carbocycles. The second-order valence-corrected chi connectivity index (χ2v) is 13.2. The number of carbonyl (C=O) groups is 1. The second kappa shape index (κ2) is 19.0. The van der Waals surface area contributed by atoms with Gasteiger partial charge in [-0.3, -0.25) is 4.79 Å². The van der Waals surface area contributed by atoms with E-state index in [-0.39, 0.29) is 29.4 Å². The van der Waals surface area contributed by atoms with Crippen molar-refractivity contribution >= 4 is 12.0 Å². The molecule has 0 N–H and O–H groups in total. The van der Waals surface area contributed by atoms with Crippen LogP contribution in [0.25, 0.3) is 44.6 Å². The van der Waals surface area contributed by atoms with Crippen LogP contribution in [0.5, 0.6) is 11.5 Å². The first-order valence-corrected chi connectivity index (χ1v) is 17.9. The third-order valence-corrected chi connectivity index (χ3v) is 9.31. The molecule has 0 aliphatic rings. The molecular formula is C40H34F6N10O4.